The van der Waals surface area contributed by atoms with Crippen molar-refractivity contribution in [3.63, 3.8) is 0 Å². The third kappa shape index (κ3) is 4.46. The van der Waals surface area contributed by atoms with Crippen LogP contribution >= 0.6 is 0 Å². The van der Waals surface area contributed by atoms with Gasteiger partial charge in [-0.3, -0.25) is 9.58 Å². The fourth-order valence-electron chi connectivity index (χ4n) is 2.65. The fourth-order valence-corrected chi connectivity index (χ4v) is 2.65. The van der Waals surface area contributed by atoms with E-state index in [1.54, 1.807) is 14.2 Å². The van der Waals surface area contributed by atoms with Gasteiger partial charge >= 0.3 is 0 Å². The van der Waals surface area contributed by atoms with Gasteiger partial charge < -0.3 is 14.6 Å². The van der Waals surface area contributed by atoms with Crippen LogP contribution in [0.3, 0.4) is 0 Å². The first-order chi connectivity index (χ1) is 11.1. The quantitative estimate of drug-likeness (QED) is 0.803. The molecule has 1 aromatic carbocycles. The predicted octanol–water partition coefficient (Wildman–Crippen LogP) is 1.74. The smallest absolute Gasteiger partial charge is 0.123 e. The van der Waals surface area contributed by atoms with E-state index in [1.165, 1.54) is 0 Å². The molecule has 0 amide bonds. The monoisotopic (exact) mass is 319 g/mol. The summed E-state index contributed by atoms with van der Waals surface area (Å²) in [4.78, 5) is 2.17. The number of aromatic nitrogens is 2. The number of aliphatic hydroxyl groups is 1. The summed E-state index contributed by atoms with van der Waals surface area (Å²) >= 11 is 0. The second-order valence-corrected chi connectivity index (χ2v) is 5.53. The van der Waals surface area contributed by atoms with Gasteiger partial charge in [0.05, 0.1) is 26.5 Å². The molecule has 0 fully saturated rings. The molecule has 0 radical (unpaired) electrons. The van der Waals surface area contributed by atoms with Gasteiger partial charge in [0.1, 0.15) is 11.5 Å². The molecule has 0 saturated carbocycles. The van der Waals surface area contributed by atoms with Gasteiger partial charge in [0.15, 0.2) is 0 Å². The molecule has 0 aliphatic carbocycles. The SMILES string of the molecule is COc1ccc(OC)c(CN(CCO)Cc2cn(C)nc2C)c1. The second kappa shape index (κ2) is 7.99. The molecule has 6 nitrogen and oxygen atoms in total. The molecule has 0 spiro atoms. The van der Waals surface area contributed by atoms with Gasteiger partial charge in [-0.1, -0.05) is 0 Å². The molecule has 0 unspecified atom stereocenters. The number of ether oxygens (including phenoxy) is 2. The van der Waals surface area contributed by atoms with E-state index in [0.29, 0.717) is 13.1 Å². The van der Waals surface area contributed by atoms with E-state index < -0.39 is 0 Å². The van der Waals surface area contributed by atoms with Gasteiger partial charge in [-0.25, -0.2) is 0 Å². The van der Waals surface area contributed by atoms with Crippen LogP contribution in [-0.2, 0) is 20.1 Å². The number of aliphatic hydroxyl groups excluding tert-OH is 1. The van der Waals surface area contributed by atoms with Crippen molar-refractivity contribution in [2.75, 3.05) is 27.4 Å². The van der Waals surface area contributed by atoms with Crippen LogP contribution in [0.25, 0.3) is 0 Å². The maximum absolute atomic E-state index is 9.38. The first-order valence-corrected chi connectivity index (χ1v) is 7.60. The molecule has 0 saturated heterocycles. The summed E-state index contributed by atoms with van der Waals surface area (Å²) in [6, 6.07) is 5.75. The van der Waals surface area contributed by atoms with Crippen molar-refractivity contribution in [3.05, 3.63) is 41.2 Å². The van der Waals surface area contributed by atoms with Crippen molar-refractivity contribution in [2.45, 2.75) is 20.0 Å². The van der Waals surface area contributed by atoms with Crippen molar-refractivity contribution in [1.82, 2.24) is 14.7 Å². The van der Waals surface area contributed by atoms with E-state index in [2.05, 4.69) is 10.00 Å². The molecular formula is C17H25N3O3. The first-order valence-electron chi connectivity index (χ1n) is 7.60. The molecule has 0 atom stereocenters. The summed E-state index contributed by atoms with van der Waals surface area (Å²) in [6.45, 7) is 4.06. The molecule has 2 rings (SSSR count). The van der Waals surface area contributed by atoms with E-state index in [9.17, 15) is 5.11 Å². The van der Waals surface area contributed by atoms with Gasteiger partial charge in [-0.2, -0.15) is 5.10 Å². The second-order valence-electron chi connectivity index (χ2n) is 5.53. The highest BCUT2D eigenvalue weighted by molar-refractivity contribution is 5.40. The Labute approximate surface area is 137 Å². The van der Waals surface area contributed by atoms with Gasteiger partial charge in [0, 0.05) is 44.0 Å². The van der Waals surface area contributed by atoms with Crippen LogP contribution in [0.2, 0.25) is 0 Å². The molecule has 0 aliphatic heterocycles. The number of nitrogens with zero attached hydrogens (tertiary/aromatic N) is 3. The number of benzene rings is 1. The Bertz CT molecular complexity index is 640. The largest absolute Gasteiger partial charge is 0.497 e. The number of rotatable bonds is 8. The van der Waals surface area contributed by atoms with Crippen LogP contribution in [0.5, 0.6) is 11.5 Å². The van der Waals surface area contributed by atoms with Crippen molar-refractivity contribution in [3.8, 4) is 11.5 Å². The van der Waals surface area contributed by atoms with Gasteiger partial charge in [-0.05, 0) is 25.1 Å². The van der Waals surface area contributed by atoms with Crippen LogP contribution in [-0.4, -0.2) is 47.2 Å². The Hall–Kier alpha value is -2.05. The molecule has 126 valence electrons. The molecule has 23 heavy (non-hydrogen) atoms. The summed E-state index contributed by atoms with van der Waals surface area (Å²) in [7, 11) is 5.22. The highest BCUT2D eigenvalue weighted by atomic mass is 16.5. The lowest BCUT2D eigenvalue weighted by atomic mass is 10.1. The Kier molecular flexibility index (Phi) is 6.01. The number of hydrogen-bond acceptors (Lipinski definition) is 5. The number of hydrogen-bond donors (Lipinski definition) is 1. The normalized spacial score (nSPS) is 11.0. The van der Waals surface area contributed by atoms with Crippen LogP contribution in [0, 0.1) is 6.92 Å². The van der Waals surface area contributed by atoms with Gasteiger partial charge in [0.25, 0.3) is 0 Å². The molecule has 6 heteroatoms. The Morgan fingerprint density at radius 2 is 1.91 bits per heavy atom. The van der Waals surface area contributed by atoms with Crippen molar-refractivity contribution >= 4 is 0 Å². The summed E-state index contributed by atoms with van der Waals surface area (Å²) < 4.78 is 12.6. The Morgan fingerprint density at radius 1 is 1.17 bits per heavy atom. The van der Waals surface area contributed by atoms with E-state index >= 15 is 0 Å². The van der Waals surface area contributed by atoms with E-state index in [4.69, 9.17) is 9.47 Å². The van der Waals surface area contributed by atoms with E-state index in [1.807, 2.05) is 43.0 Å². The minimum atomic E-state index is 0.103. The lowest BCUT2D eigenvalue weighted by molar-refractivity contribution is 0.182. The molecule has 0 aliphatic rings. The minimum Gasteiger partial charge on any atom is -0.497 e. The van der Waals surface area contributed by atoms with Gasteiger partial charge in [-0.15, -0.1) is 0 Å². The zero-order valence-corrected chi connectivity index (χ0v) is 14.2. The lowest BCUT2D eigenvalue weighted by Crippen LogP contribution is -2.26. The third-order valence-corrected chi connectivity index (χ3v) is 3.81. The van der Waals surface area contributed by atoms with Crippen molar-refractivity contribution in [1.29, 1.82) is 0 Å². The molecule has 1 N–H and O–H groups in total. The maximum Gasteiger partial charge on any atom is 0.123 e. The molecule has 0 bridgehead atoms. The van der Waals surface area contributed by atoms with Crippen molar-refractivity contribution < 1.29 is 14.6 Å². The summed E-state index contributed by atoms with van der Waals surface area (Å²) in [6.07, 6.45) is 2.02. The van der Waals surface area contributed by atoms with Crippen LogP contribution in [0.4, 0.5) is 0 Å². The minimum absolute atomic E-state index is 0.103. The predicted molar refractivity (Wildman–Crippen MR) is 88.7 cm³/mol. The average molecular weight is 319 g/mol. The van der Waals surface area contributed by atoms with Crippen LogP contribution < -0.4 is 9.47 Å². The van der Waals surface area contributed by atoms with Gasteiger partial charge in [0.2, 0.25) is 0 Å². The zero-order chi connectivity index (χ0) is 16.8. The van der Waals surface area contributed by atoms with Crippen molar-refractivity contribution in [2.24, 2.45) is 7.05 Å². The lowest BCUT2D eigenvalue weighted by Gasteiger charge is -2.22. The molecule has 2 aromatic rings. The standard InChI is InChI=1S/C17H25N3O3/c1-13-15(10-19(2)18-13)12-20(7-8-21)11-14-9-16(22-3)5-6-17(14)23-4/h5-6,9-10,21H,7-8,11-12H2,1-4H3. The Morgan fingerprint density at radius 3 is 2.48 bits per heavy atom. The van der Waals surface area contributed by atoms with Crippen LogP contribution in [0.15, 0.2) is 24.4 Å². The third-order valence-electron chi connectivity index (χ3n) is 3.81. The zero-order valence-electron chi connectivity index (χ0n) is 14.2. The Balaban J connectivity index is 2.20. The maximum atomic E-state index is 9.38. The topological polar surface area (TPSA) is 59.8 Å². The molecular weight excluding hydrogens is 294 g/mol. The average Bonchev–Trinajstić information content (AvgIpc) is 2.85. The summed E-state index contributed by atoms with van der Waals surface area (Å²) in [5, 5.41) is 13.8. The highest BCUT2D eigenvalue weighted by Gasteiger charge is 2.14. The first kappa shape index (κ1) is 17.3. The molecule has 1 aromatic heterocycles. The summed E-state index contributed by atoms with van der Waals surface area (Å²) in [5.41, 5.74) is 3.19. The van der Waals surface area contributed by atoms with Crippen LogP contribution in [0.1, 0.15) is 16.8 Å². The van der Waals surface area contributed by atoms with E-state index in [-0.39, 0.29) is 6.61 Å². The number of methoxy groups -OCH3 is 2. The fraction of sp³-hybridized carbons (Fsp3) is 0.471. The van der Waals surface area contributed by atoms with E-state index in [0.717, 1.165) is 34.9 Å². The highest BCUT2D eigenvalue weighted by Crippen LogP contribution is 2.26. The molecule has 1 heterocycles. The summed E-state index contributed by atoms with van der Waals surface area (Å²) in [5.74, 6) is 1.61. The number of aryl methyl sites for hydroxylation is 2.